The summed E-state index contributed by atoms with van der Waals surface area (Å²) in [5.41, 5.74) is 1.36. The Hall–Kier alpha value is -1.39. The number of amides is 1. The van der Waals surface area contributed by atoms with E-state index in [0.717, 1.165) is 58.7 Å². The van der Waals surface area contributed by atoms with E-state index >= 15 is 0 Å². The van der Waals surface area contributed by atoms with Gasteiger partial charge < -0.3 is 10.2 Å². The van der Waals surface area contributed by atoms with Gasteiger partial charge in [0.25, 0.3) is 0 Å². The first kappa shape index (κ1) is 14.5. The Kier molecular flexibility index (Phi) is 4.88. The van der Waals surface area contributed by atoms with Gasteiger partial charge in [0.1, 0.15) is 0 Å². The quantitative estimate of drug-likeness (QED) is 0.907. The summed E-state index contributed by atoms with van der Waals surface area (Å²) in [5.74, 6) is 0.905. The number of nitrogens with zero attached hydrogens (tertiary/aromatic N) is 2. The summed E-state index contributed by atoms with van der Waals surface area (Å²) in [7, 11) is 0. The van der Waals surface area contributed by atoms with E-state index in [9.17, 15) is 4.79 Å². The molecular formula is C17H25N3O. The van der Waals surface area contributed by atoms with Gasteiger partial charge in [-0.25, -0.2) is 0 Å². The molecule has 0 spiro atoms. The summed E-state index contributed by atoms with van der Waals surface area (Å²) in [6, 6.07) is 10.6. The maximum atomic E-state index is 12.3. The lowest BCUT2D eigenvalue weighted by atomic mass is 10.0. The molecule has 3 rings (SSSR count). The highest BCUT2D eigenvalue weighted by atomic mass is 16.2. The zero-order chi connectivity index (χ0) is 14.5. The van der Waals surface area contributed by atoms with Gasteiger partial charge in [0.05, 0.1) is 0 Å². The third-order valence-electron chi connectivity index (χ3n) is 4.60. The molecule has 1 amide bonds. The smallest absolute Gasteiger partial charge is 0.222 e. The second-order valence-corrected chi connectivity index (χ2v) is 6.21. The first-order valence-corrected chi connectivity index (χ1v) is 8.06. The number of nitrogens with one attached hydrogen (secondary N) is 1. The van der Waals surface area contributed by atoms with Crippen molar-refractivity contribution in [3.8, 4) is 0 Å². The summed E-state index contributed by atoms with van der Waals surface area (Å²) in [6.07, 6.45) is 1.88. The number of carbonyl (C=O) groups excluding carboxylic acids is 1. The van der Waals surface area contributed by atoms with Crippen LogP contribution in [-0.4, -0.2) is 55.0 Å². The van der Waals surface area contributed by atoms with Gasteiger partial charge in [-0.15, -0.1) is 0 Å². The molecule has 1 unspecified atom stereocenters. The third-order valence-corrected chi connectivity index (χ3v) is 4.60. The van der Waals surface area contributed by atoms with E-state index in [2.05, 4.69) is 45.4 Å². The van der Waals surface area contributed by atoms with Crippen molar-refractivity contribution in [2.45, 2.75) is 19.4 Å². The Morgan fingerprint density at radius 1 is 1.14 bits per heavy atom. The molecule has 4 nitrogen and oxygen atoms in total. The second kappa shape index (κ2) is 7.05. The Morgan fingerprint density at radius 2 is 1.90 bits per heavy atom. The van der Waals surface area contributed by atoms with Gasteiger partial charge in [-0.2, -0.15) is 0 Å². The highest BCUT2D eigenvalue weighted by molar-refractivity contribution is 5.76. The molecule has 2 aliphatic rings. The Bertz CT molecular complexity index is 448. The van der Waals surface area contributed by atoms with Crippen molar-refractivity contribution >= 4 is 5.91 Å². The molecule has 0 aromatic heterocycles. The van der Waals surface area contributed by atoms with Gasteiger partial charge in [-0.3, -0.25) is 9.69 Å². The predicted octanol–water partition coefficient (Wildman–Crippen LogP) is 1.33. The van der Waals surface area contributed by atoms with Crippen molar-refractivity contribution < 1.29 is 4.79 Å². The average Bonchev–Trinajstić information content (AvgIpc) is 3.02. The average molecular weight is 287 g/mol. The third kappa shape index (κ3) is 4.05. The van der Waals surface area contributed by atoms with Crippen LogP contribution in [0.5, 0.6) is 0 Å². The van der Waals surface area contributed by atoms with Gasteiger partial charge in [0.2, 0.25) is 5.91 Å². The Morgan fingerprint density at radius 3 is 2.57 bits per heavy atom. The topological polar surface area (TPSA) is 35.6 Å². The van der Waals surface area contributed by atoms with Crippen molar-refractivity contribution in [2.24, 2.45) is 5.92 Å². The monoisotopic (exact) mass is 287 g/mol. The van der Waals surface area contributed by atoms with Crippen LogP contribution in [0, 0.1) is 5.92 Å². The fourth-order valence-electron chi connectivity index (χ4n) is 3.26. The summed E-state index contributed by atoms with van der Waals surface area (Å²) >= 11 is 0. The molecule has 1 N–H and O–H groups in total. The predicted molar refractivity (Wildman–Crippen MR) is 83.9 cm³/mol. The van der Waals surface area contributed by atoms with Crippen LogP contribution >= 0.6 is 0 Å². The maximum Gasteiger partial charge on any atom is 0.222 e. The molecule has 1 aromatic rings. The van der Waals surface area contributed by atoms with E-state index in [1.54, 1.807) is 0 Å². The van der Waals surface area contributed by atoms with Crippen LogP contribution in [0.15, 0.2) is 30.3 Å². The summed E-state index contributed by atoms with van der Waals surface area (Å²) in [5, 5.41) is 3.34. The molecule has 2 heterocycles. The van der Waals surface area contributed by atoms with E-state index in [1.165, 1.54) is 5.56 Å². The van der Waals surface area contributed by atoms with E-state index in [4.69, 9.17) is 0 Å². The van der Waals surface area contributed by atoms with Gasteiger partial charge in [-0.1, -0.05) is 30.3 Å². The minimum atomic E-state index is 0.350. The molecule has 2 aliphatic heterocycles. The van der Waals surface area contributed by atoms with E-state index < -0.39 is 0 Å². The first-order valence-electron chi connectivity index (χ1n) is 8.06. The van der Waals surface area contributed by atoms with Gasteiger partial charge in [-0.05, 0) is 31.0 Å². The molecular weight excluding hydrogens is 262 g/mol. The van der Waals surface area contributed by atoms with Crippen molar-refractivity contribution in [3.05, 3.63) is 35.9 Å². The van der Waals surface area contributed by atoms with Crippen LogP contribution in [0.1, 0.15) is 18.4 Å². The Balaban J connectivity index is 1.43. The zero-order valence-electron chi connectivity index (χ0n) is 12.6. The number of carbonyl (C=O) groups is 1. The van der Waals surface area contributed by atoms with E-state index in [1.807, 2.05) is 0 Å². The van der Waals surface area contributed by atoms with Crippen LogP contribution in [0.2, 0.25) is 0 Å². The minimum Gasteiger partial charge on any atom is -0.340 e. The number of rotatable bonds is 4. The summed E-state index contributed by atoms with van der Waals surface area (Å²) < 4.78 is 0. The van der Waals surface area contributed by atoms with Crippen LogP contribution in [-0.2, 0) is 11.3 Å². The minimum absolute atomic E-state index is 0.350. The molecule has 21 heavy (non-hydrogen) atoms. The second-order valence-electron chi connectivity index (χ2n) is 6.21. The first-order chi connectivity index (χ1) is 10.3. The molecule has 114 valence electrons. The van der Waals surface area contributed by atoms with Crippen molar-refractivity contribution in [3.63, 3.8) is 0 Å². The fraction of sp³-hybridized carbons (Fsp3) is 0.588. The van der Waals surface area contributed by atoms with Crippen molar-refractivity contribution in [1.29, 1.82) is 0 Å². The molecule has 1 aromatic carbocycles. The van der Waals surface area contributed by atoms with Crippen molar-refractivity contribution in [2.75, 3.05) is 39.3 Å². The zero-order valence-corrected chi connectivity index (χ0v) is 12.6. The lowest BCUT2D eigenvalue weighted by Crippen LogP contribution is -2.48. The Labute approximate surface area is 127 Å². The van der Waals surface area contributed by atoms with Gasteiger partial charge in [0, 0.05) is 39.1 Å². The standard InChI is InChI=1S/C17H25N3O/c21-17(12-16-6-7-18-13-16)20-10-8-19(9-11-20)14-15-4-2-1-3-5-15/h1-5,16,18H,6-14H2. The molecule has 0 aliphatic carbocycles. The van der Waals surface area contributed by atoms with Crippen LogP contribution in [0.25, 0.3) is 0 Å². The largest absolute Gasteiger partial charge is 0.340 e. The molecule has 1 atom stereocenters. The highest BCUT2D eigenvalue weighted by Gasteiger charge is 2.24. The molecule has 0 bridgehead atoms. The highest BCUT2D eigenvalue weighted by Crippen LogP contribution is 2.15. The molecule has 2 fully saturated rings. The van der Waals surface area contributed by atoms with Crippen LogP contribution in [0.4, 0.5) is 0 Å². The van der Waals surface area contributed by atoms with E-state index in [0.29, 0.717) is 11.8 Å². The fourth-order valence-corrected chi connectivity index (χ4v) is 3.26. The summed E-state index contributed by atoms with van der Waals surface area (Å²) in [6.45, 7) is 6.82. The molecule has 4 heteroatoms. The van der Waals surface area contributed by atoms with Gasteiger partial charge in [0.15, 0.2) is 0 Å². The lowest BCUT2D eigenvalue weighted by molar-refractivity contribution is -0.133. The van der Waals surface area contributed by atoms with Crippen LogP contribution in [0.3, 0.4) is 0 Å². The number of hydrogen-bond donors (Lipinski definition) is 1. The summed E-state index contributed by atoms with van der Waals surface area (Å²) in [4.78, 5) is 16.8. The molecule has 0 radical (unpaired) electrons. The maximum absolute atomic E-state index is 12.3. The van der Waals surface area contributed by atoms with Crippen molar-refractivity contribution in [1.82, 2.24) is 15.1 Å². The number of benzene rings is 1. The van der Waals surface area contributed by atoms with Crippen LogP contribution < -0.4 is 5.32 Å². The number of hydrogen-bond acceptors (Lipinski definition) is 3. The SMILES string of the molecule is O=C(CC1CCNC1)N1CCN(Cc2ccccc2)CC1. The molecule has 0 saturated carbocycles. The normalized spacial score (nSPS) is 23.4. The molecule has 2 saturated heterocycles. The van der Waals surface area contributed by atoms with E-state index in [-0.39, 0.29) is 0 Å². The number of piperazine rings is 1. The lowest BCUT2D eigenvalue weighted by Gasteiger charge is -2.35. The van der Waals surface area contributed by atoms with Gasteiger partial charge >= 0.3 is 0 Å².